The lowest BCUT2D eigenvalue weighted by atomic mass is 9.75. The van der Waals surface area contributed by atoms with Crippen molar-refractivity contribution in [3.05, 3.63) is 35.4 Å². The van der Waals surface area contributed by atoms with Crippen LogP contribution in [0.2, 0.25) is 0 Å². The van der Waals surface area contributed by atoms with Crippen molar-refractivity contribution < 1.29 is 18.6 Å². The summed E-state index contributed by atoms with van der Waals surface area (Å²) in [6.45, 7) is 0.0506. The summed E-state index contributed by atoms with van der Waals surface area (Å²) in [6, 6.07) is 3.48. The number of fused-ring (bicyclic) bond motifs is 1. The van der Waals surface area contributed by atoms with Crippen LogP contribution >= 0.6 is 11.8 Å². The SMILES string of the molecule is NC1=N[C@@]2(c3ccc(F)cc3F)CO[C@@H](CO)C[C@H]2CS1. The second kappa shape index (κ2) is 5.55. The van der Waals surface area contributed by atoms with Gasteiger partial charge in [-0.3, -0.25) is 0 Å². The van der Waals surface area contributed by atoms with Gasteiger partial charge in [-0.05, 0) is 12.5 Å². The summed E-state index contributed by atoms with van der Waals surface area (Å²) >= 11 is 1.41. The Morgan fingerprint density at radius 2 is 2.29 bits per heavy atom. The van der Waals surface area contributed by atoms with E-state index in [4.69, 9.17) is 10.5 Å². The van der Waals surface area contributed by atoms with Crippen LogP contribution in [0.1, 0.15) is 12.0 Å². The fourth-order valence-corrected chi connectivity index (χ4v) is 4.02. The molecular weight excluding hydrogens is 298 g/mol. The second-order valence-electron chi connectivity index (χ2n) is 5.36. The van der Waals surface area contributed by atoms with E-state index in [0.29, 0.717) is 22.9 Å². The molecule has 3 N–H and O–H groups in total. The highest BCUT2D eigenvalue weighted by Gasteiger charge is 2.49. The van der Waals surface area contributed by atoms with Crippen molar-refractivity contribution in [3.8, 4) is 0 Å². The predicted octanol–water partition coefficient (Wildman–Crippen LogP) is 1.62. The number of halogens is 2. The van der Waals surface area contributed by atoms with E-state index in [2.05, 4.69) is 4.99 Å². The quantitative estimate of drug-likeness (QED) is 0.870. The van der Waals surface area contributed by atoms with Gasteiger partial charge >= 0.3 is 0 Å². The normalized spacial score (nSPS) is 32.4. The van der Waals surface area contributed by atoms with Crippen molar-refractivity contribution in [1.29, 1.82) is 0 Å². The van der Waals surface area contributed by atoms with Gasteiger partial charge in [0.05, 0.1) is 19.3 Å². The zero-order chi connectivity index (χ0) is 15.0. The van der Waals surface area contributed by atoms with E-state index in [-0.39, 0.29) is 25.2 Å². The maximum Gasteiger partial charge on any atom is 0.154 e. The molecule has 7 heteroatoms. The van der Waals surface area contributed by atoms with E-state index in [9.17, 15) is 13.9 Å². The number of amidine groups is 1. The molecule has 0 spiro atoms. The van der Waals surface area contributed by atoms with Crippen molar-refractivity contribution in [2.45, 2.75) is 18.1 Å². The first-order valence-corrected chi connectivity index (χ1v) is 7.70. The minimum absolute atomic E-state index is 0.0133. The van der Waals surface area contributed by atoms with Gasteiger partial charge in [0.2, 0.25) is 0 Å². The molecule has 0 saturated carbocycles. The highest BCUT2D eigenvalue weighted by atomic mass is 32.2. The number of thioether (sulfide) groups is 1. The molecular formula is C14H16F2N2O2S. The lowest BCUT2D eigenvalue weighted by Crippen LogP contribution is -2.51. The molecule has 1 saturated heterocycles. The minimum atomic E-state index is -0.932. The maximum absolute atomic E-state index is 14.2. The predicted molar refractivity (Wildman–Crippen MR) is 77.0 cm³/mol. The van der Waals surface area contributed by atoms with Gasteiger partial charge in [0, 0.05) is 23.3 Å². The number of hydrogen-bond acceptors (Lipinski definition) is 5. The molecule has 2 aliphatic rings. The molecule has 1 fully saturated rings. The molecule has 0 bridgehead atoms. The van der Waals surface area contributed by atoms with E-state index >= 15 is 0 Å². The van der Waals surface area contributed by atoms with Crippen LogP contribution in [0.25, 0.3) is 0 Å². The lowest BCUT2D eigenvalue weighted by Gasteiger charge is -2.46. The molecule has 1 aromatic rings. The van der Waals surface area contributed by atoms with Gasteiger partial charge in [0.1, 0.15) is 17.2 Å². The first-order chi connectivity index (χ1) is 10.0. The Morgan fingerprint density at radius 1 is 1.48 bits per heavy atom. The molecule has 0 aliphatic carbocycles. The zero-order valence-electron chi connectivity index (χ0n) is 11.3. The van der Waals surface area contributed by atoms with Crippen molar-refractivity contribution in [3.63, 3.8) is 0 Å². The average molecular weight is 314 g/mol. The van der Waals surface area contributed by atoms with Crippen LogP contribution in [0.4, 0.5) is 8.78 Å². The van der Waals surface area contributed by atoms with Crippen molar-refractivity contribution in [2.24, 2.45) is 16.6 Å². The number of nitrogens with two attached hydrogens (primary N) is 1. The highest BCUT2D eigenvalue weighted by molar-refractivity contribution is 8.13. The standard InChI is InChI=1S/C14H16F2N2O2S/c15-9-1-2-11(12(16)4-9)14-7-20-10(5-19)3-8(14)6-21-13(17)18-14/h1-2,4,8,10,19H,3,5-7H2,(H2,17,18)/t8-,10+,14-/m0/s1. The summed E-state index contributed by atoms with van der Waals surface area (Å²) in [7, 11) is 0. The second-order valence-corrected chi connectivity index (χ2v) is 6.40. The number of rotatable bonds is 2. The number of benzene rings is 1. The number of aliphatic imine (C=N–C) groups is 1. The topological polar surface area (TPSA) is 67.8 Å². The van der Waals surface area contributed by atoms with Crippen LogP contribution in [0.3, 0.4) is 0 Å². The van der Waals surface area contributed by atoms with Crippen LogP contribution in [0, 0.1) is 17.6 Å². The molecule has 2 aliphatic heterocycles. The van der Waals surface area contributed by atoms with Crippen LogP contribution in [-0.2, 0) is 10.3 Å². The fraction of sp³-hybridized carbons (Fsp3) is 0.500. The number of ether oxygens (including phenoxy) is 1. The van der Waals surface area contributed by atoms with Crippen LogP contribution in [-0.4, -0.2) is 35.3 Å². The first-order valence-electron chi connectivity index (χ1n) is 6.71. The molecule has 114 valence electrons. The van der Waals surface area contributed by atoms with Gasteiger partial charge < -0.3 is 15.6 Å². The summed E-state index contributed by atoms with van der Waals surface area (Å²) in [5.41, 5.74) is 5.19. The molecule has 21 heavy (non-hydrogen) atoms. The molecule has 3 atom stereocenters. The number of aliphatic hydroxyl groups is 1. The van der Waals surface area contributed by atoms with Crippen LogP contribution < -0.4 is 5.73 Å². The average Bonchev–Trinajstić information content (AvgIpc) is 2.46. The summed E-state index contributed by atoms with van der Waals surface area (Å²) < 4.78 is 33.0. The first kappa shape index (κ1) is 14.7. The molecule has 4 nitrogen and oxygen atoms in total. The Bertz CT molecular complexity index is 584. The van der Waals surface area contributed by atoms with Gasteiger partial charge in [-0.15, -0.1) is 0 Å². The zero-order valence-corrected chi connectivity index (χ0v) is 12.1. The Kier molecular flexibility index (Phi) is 3.90. The van der Waals surface area contributed by atoms with E-state index in [1.54, 1.807) is 0 Å². The van der Waals surface area contributed by atoms with Crippen molar-refractivity contribution in [1.82, 2.24) is 0 Å². The highest BCUT2D eigenvalue weighted by Crippen LogP contribution is 2.46. The Morgan fingerprint density at radius 3 is 3.00 bits per heavy atom. The minimum Gasteiger partial charge on any atom is -0.394 e. The molecule has 0 aromatic heterocycles. The van der Waals surface area contributed by atoms with Gasteiger partial charge in [-0.2, -0.15) is 0 Å². The third-order valence-electron chi connectivity index (χ3n) is 4.11. The van der Waals surface area contributed by atoms with Gasteiger partial charge in [-0.1, -0.05) is 17.8 Å². The number of aliphatic hydroxyl groups excluding tert-OH is 1. The number of nitrogens with zero attached hydrogens (tertiary/aromatic N) is 1. The molecule has 3 rings (SSSR count). The largest absolute Gasteiger partial charge is 0.394 e. The summed E-state index contributed by atoms with van der Waals surface area (Å²) in [5, 5.41) is 9.64. The Hall–Kier alpha value is -1.18. The third kappa shape index (κ3) is 2.54. The Balaban J connectivity index is 2.07. The van der Waals surface area contributed by atoms with Crippen LogP contribution in [0.15, 0.2) is 23.2 Å². The molecule has 1 aromatic carbocycles. The summed E-state index contributed by atoms with van der Waals surface area (Å²) in [4.78, 5) is 4.45. The molecule has 0 radical (unpaired) electrons. The lowest BCUT2D eigenvalue weighted by molar-refractivity contribution is -0.0771. The summed E-state index contributed by atoms with van der Waals surface area (Å²) in [5.74, 6) is -0.613. The monoisotopic (exact) mass is 314 g/mol. The molecule has 0 unspecified atom stereocenters. The van der Waals surface area contributed by atoms with Crippen molar-refractivity contribution >= 4 is 16.9 Å². The Labute approximate surface area is 125 Å². The number of hydrogen-bond donors (Lipinski definition) is 2. The fourth-order valence-electron chi connectivity index (χ4n) is 3.01. The van der Waals surface area contributed by atoms with E-state index in [1.165, 1.54) is 23.9 Å². The summed E-state index contributed by atoms with van der Waals surface area (Å²) in [6.07, 6.45) is 0.290. The van der Waals surface area contributed by atoms with Gasteiger partial charge in [0.15, 0.2) is 5.17 Å². The van der Waals surface area contributed by atoms with Crippen molar-refractivity contribution in [2.75, 3.05) is 19.0 Å². The van der Waals surface area contributed by atoms with Gasteiger partial charge in [0.25, 0.3) is 0 Å². The maximum atomic E-state index is 14.2. The van der Waals surface area contributed by atoms with E-state index < -0.39 is 17.2 Å². The van der Waals surface area contributed by atoms with E-state index in [0.717, 1.165) is 6.07 Å². The van der Waals surface area contributed by atoms with Gasteiger partial charge in [-0.25, -0.2) is 13.8 Å². The van der Waals surface area contributed by atoms with E-state index in [1.807, 2.05) is 0 Å². The smallest absolute Gasteiger partial charge is 0.154 e. The molecule has 2 heterocycles. The third-order valence-corrected chi connectivity index (χ3v) is 5.06. The molecule has 0 amide bonds. The van der Waals surface area contributed by atoms with Crippen LogP contribution in [0.5, 0.6) is 0 Å².